The lowest BCUT2D eigenvalue weighted by Gasteiger charge is -2.28. The second-order valence-electron chi connectivity index (χ2n) is 7.63. The number of halogens is 1. The Balaban J connectivity index is 1.70. The Morgan fingerprint density at radius 1 is 1.00 bits per heavy atom. The number of hydrogen-bond acceptors (Lipinski definition) is 3. The molecule has 1 aromatic carbocycles. The lowest BCUT2D eigenvalue weighted by Crippen LogP contribution is -2.32. The molecule has 1 unspecified atom stereocenters. The zero-order chi connectivity index (χ0) is 19.1. The van der Waals surface area contributed by atoms with E-state index in [9.17, 15) is 4.39 Å². The Hall–Kier alpha value is -2.79. The summed E-state index contributed by atoms with van der Waals surface area (Å²) in [6.45, 7) is 2.31. The third-order valence-electron chi connectivity index (χ3n) is 5.91. The van der Waals surface area contributed by atoms with Gasteiger partial charge in [-0.2, -0.15) is 5.10 Å². The minimum absolute atomic E-state index is 0.235. The number of nitrogens with zero attached hydrogens (tertiary/aromatic N) is 4. The molecule has 4 heterocycles. The van der Waals surface area contributed by atoms with Gasteiger partial charge in [-0.15, -0.1) is 0 Å². The van der Waals surface area contributed by atoms with Crippen LogP contribution in [-0.2, 0) is 7.05 Å². The highest BCUT2D eigenvalue weighted by molar-refractivity contribution is 5.89. The summed E-state index contributed by atoms with van der Waals surface area (Å²) >= 11 is 0. The maximum absolute atomic E-state index is 13.5. The van der Waals surface area contributed by atoms with E-state index in [1.807, 2.05) is 36.3 Å². The van der Waals surface area contributed by atoms with Gasteiger partial charge in [-0.3, -0.25) is 14.6 Å². The summed E-state index contributed by atoms with van der Waals surface area (Å²) in [5.41, 5.74) is 6.53. The fourth-order valence-electron chi connectivity index (χ4n) is 4.59. The summed E-state index contributed by atoms with van der Waals surface area (Å²) in [6, 6.07) is 11.2. The summed E-state index contributed by atoms with van der Waals surface area (Å²) in [5.74, 6) is -0.235. The third-order valence-corrected chi connectivity index (χ3v) is 5.91. The summed E-state index contributed by atoms with van der Waals surface area (Å²) < 4.78 is 15.5. The van der Waals surface area contributed by atoms with Crippen LogP contribution in [0.5, 0.6) is 0 Å². The van der Waals surface area contributed by atoms with Crippen LogP contribution in [0.15, 0.2) is 54.9 Å². The monoisotopic (exact) mass is 374 g/mol. The predicted octanol–water partition coefficient (Wildman–Crippen LogP) is 4.54. The van der Waals surface area contributed by atoms with Crippen LogP contribution in [0.4, 0.5) is 4.39 Å². The van der Waals surface area contributed by atoms with Crippen molar-refractivity contribution in [1.82, 2.24) is 19.7 Å². The van der Waals surface area contributed by atoms with E-state index >= 15 is 0 Å². The second-order valence-corrected chi connectivity index (χ2v) is 7.63. The van der Waals surface area contributed by atoms with Crippen LogP contribution >= 0.6 is 0 Å². The Morgan fingerprint density at radius 3 is 2.57 bits per heavy atom. The first-order chi connectivity index (χ1) is 13.7. The molecule has 142 valence electrons. The molecule has 5 rings (SSSR count). The Morgan fingerprint density at radius 2 is 1.79 bits per heavy atom. The average Bonchev–Trinajstić information content (AvgIpc) is 3.32. The normalized spacial score (nSPS) is 19.5. The van der Waals surface area contributed by atoms with Crippen LogP contribution in [0.25, 0.3) is 28.0 Å². The van der Waals surface area contributed by atoms with Gasteiger partial charge in [-0.25, -0.2) is 4.39 Å². The summed E-state index contributed by atoms with van der Waals surface area (Å²) in [7, 11) is 2.01. The van der Waals surface area contributed by atoms with E-state index in [0.717, 1.165) is 41.0 Å². The highest BCUT2D eigenvalue weighted by Crippen LogP contribution is 2.40. The van der Waals surface area contributed by atoms with Crippen molar-refractivity contribution in [2.45, 2.75) is 25.3 Å². The largest absolute Gasteiger partial charge is 0.297 e. The Bertz CT molecular complexity index is 1020. The molecule has 0 saturated carbocycles. The standard InChI is InChI=1S/C23H23FN4/c1-27-23(18-10-14-28-13-2-3-20(28)15-18)21(16-8-11-25-12-9-16)22(26-27)17-4-6-19(24)7-5-17/h4-9,11-12,15,20H,2-3,10,13-14H2,1H3. The molecule has 1 atom stereocenters. The van der Waals surface area contributed by atoms with Crippen molar-refractivity contribution in [3.05, 3.63) is 66.4 Å². The van der Waals surface area contributed by atoms with E-state index in [-0.39, 0.29) is 5.82 Å². The van der Waals surface area contributed by atoms with Crippen molar-refractivity contribution in [2.24, 2.45) is 7.05 Å². The van der Waals surface area contributed by atoms with Crippen LogP contribution in [0, 0.1) is 5.82 Å². The molecule has 1 saturated heterocycles. The zero-order valence-corrected chi connectivity index (χ0v) is 16.0. The summed E-state index contributed by atoms with van der Waals surface area (Å²) in [5, 5.41) is 4.87. The maximum atomic E-state index is 13.5. The van der Waals surface area contributed by atoms with Crippen molar-refractivity contribution in [2.75, 3.05) is 13.1 Å². The minimum Gasteiger partial charge on any atom is -0.297 e. The van der Waals surface area contributed by atoms with E-state index in [1.165, 1.54) is 37.1 Å². The van der Waals surface area contributed by atoms with Gasteiger partial charge in [-0.1, -0.05) is 6.08 Å². The van der Waals surface area contributed by atoms with Gasteiger partial charge in [0.1, 0.15) is 11.5 Å². The first kappa shape index (κ1) is 17.3. The molecular formula is C23H23FN4. The van der Waals surface area contributed by atoms with Crippen molar-refractivity contribution in [1.29, 1.82) is 0 Å². The van der Waals surface area contributed by atoms with Gasteiger partial charge in [0.25, 0.3) is 0 Å². The van der Waals surface area contributed by atoms with Gasteiger partial charge in [0.2, 0.25) is 0 Å². The highest BCUT2D eigenvalue weighted by atomic mass is 19.1. The predicted molar refractivity (Wildman–Crippen MR) is 109 cm³/mol. The average molecular weight is 374 g/mol. The molecule has 2 aliphatic rings. The van der Waals surface area contributed by atoms with Gasteiger partial charge in [0, 0.05) is 43.2 Å². The highest BCUT2D eigenvalue weighted by Gasteiger charge is 2.30. The smallest absolute Gasteiger partial charge is 0.123 e. The van der Waals surface area contributed by atoms with Gasteiger partial charge < -0.3 is 0 Å². The molecule has 0 spiro atoms. The summed E-state index contributed by atoms with van der Waals surface area (Å²) in [4.78, 5) is 6.76. The molecule has 5 heteroatoms. The number of pyridine rings is 1. The molecule has 2 aromatic heterocycles. The Kier molecular flexibility index (Phi) is 4.32. The number of benzene rings is 1. The van der Waals surface area contributed by atoms with Crippen LogP contribution in [0.2, 0.25) is 0 Å². The summed E-state index contributed by atoms with van der Waals surface area (Å²) in [6.07, 6.45) is 9.60. The van der Waals surface area contributed by atoms with E-state index in [0.29, 0.717) is 6.04 Å². The van der Waals surface area contributed by atoms with Crippen LogP contribution < -0.4 is 0 Å². The molecule has 4 nitrogen and oxygen atoms in total. The number of aromatic nitrogens is 3. The molecule has 0 amide bonds. The van der Waals surface area contributed by atoms with Gasteiger partial charge in [-0.05, 0) is 73.3 Å². The van der Waals surface area contributed by atoms with Crippen LogP contribution in [0.1, 0.15) is 25.0 Å². The molecule has 1 fully saturated rings. The first-order valence-corrected chi connectivity index (χ1v) is 9.89. The van der Waals surface area contributed by atoms with Crippen molar-refractivity contribution in [3.8, 4) is 22.4 Å². The topological polar surface area (TPSA) is 34.0 Å². The molecule has 0 radical (unpaired) electrons. The quantitative estimate of drug-likeness (QED) is 0.675. The molecular weight excluding hydrogens is 351 g/mol. The zero-order valence-electron chi connectivity index (χ0n) is 16.0. The van der Waals surface area contributed by atoms with E-state index < -0.39 is 0 Å². The molecule has 3 aromatic rings. The minimum atomic E-state index is -0.235. The van der Waals surface area contributed by atoms with Gasteiger partial charge in [0.15, 0.2) is 0 Å². The van der Waals surface area contributed by atoms with Gasteiger partial charge >= 0.3 is 0 Å². The molecule has 2 aliphatic heterocycles. The third kappa shape index (κ3) is 2.96. The van der Waals surface area contributed by atoms with Crippen molar-refractivity contribution < 1.29 is 4.39 Å². The fraction of sp³-hybridized carbons (Fsp3) is 0.304. The second kappa shape index (κ2) is 6.99. The van der Waals surface area contributed by atoms with Crippen molar-refractivity contribution in [3.63, 3.8) is 0 Å². The van der Waals surface area contributed by atoms with E-state index in [4.69, 9.17) is 5.10 Å². The number of rotatable bonds is 3. The maximum Gasteiger partial charge on any atom is 0.123 e. The SMILES string of the molecule is Cn1nc(-c2ccc(F)cc2)c(-c2ccncc2)c1C1=CC2CCCN2CC1. The Labute approximate surface area is 164 Å². The van der Waals surface area contributed by atoms with Crippen molar-refractivity contribution >= 4 is 5.57 Å². The number of hydrogen-bond donors (Lipinski definition) is 0. The number of aryl methyl sites for hydroxylation is 1. The number of fused-ring (bicyclic) bond motifs is 1. The van der Waals surface area contributed by atoms with Gasteiger partial charge in [0.05, 0.1) is 5.69 Å². The van der Waals surface area contributed by atoms with E-state index in [2.05, 4.69) is 16.0 Å². The molecule has 28 heavy (non-hydrogen) atoms. The lowest BCUT2D eigenvalue weighted by molar-refractivity contribution is 0.287. The molecule has 0 N–H and O–H groups in total. The first-order valence-electron chi connectivity index (χ1n) is 9.89. The fourth-order valence-corrected chi connectivity index (χ4v) is 4.59. The lowest BCUT2D eigenvalue weighted by atomic mass is 9.92. The molecule has 0 aliphatic carbocycles. The van der Waals surface area contributed by atoms with Crippen LogP contribution in [-0.4, -0.2) is 38.8 Å². The molecule has 0 bridgehead atoms. The van der Waals surface area contributed by atoms with E-state index in [1.54, 1.807) is 12.1 Å². The van der Waals surface area contributed by atoms with Crippen LogP contribution in [0.3, 0.4) is 0 Å².